The van der Waals surface area contributed by atoms with E-state index in [4.69, 9.17) is 0 Å². The molecule has 1 aromatic heterocycles. The number of carboxylic acid groups (broad SMARTS) is 1. The Morgan fingerprint density at radius 1 is 0.889 bits per heavy atom. The number of anilines is 1. The molecule has 1 aliphatic heterocycles. The van der Waals surface area contributed by atoms with Gasteiger partial charge in [0.25, 0.3) is 5.91 Å². The van der Waals surface area contributed by atoms with E-state index in [2.05, 4.69) is 4.98 Å². The van der Waals surface area contributed by atoms with Crippen LogP contribution in [0.2, 0.25) is 0 Å². The van der Waals surface area contributed by atoms with E-state index >= 15 is 0 Å². The predicted molar refractivity (Wildman–Crippen MR) is 133 cm³/mol. The molecule has 4 rings (SSSR count). The van der Waals surface area contributed by atoms with Crippen molar-refractivity contribution in [2.75, 3.05) is 18.0 Å². The Morgan fingerprint density at radius 3 is 2.31 bits per heavy atom. The van der Waals surface area contributed by atoms with Crippen molar-refractivity contribution in [2.45, 2.75) is 45.2 Å². The second-order valence-electron chi connectivity index (χ2n) is 9.10. The first-order chi connectivity index (χ1) is 17.4. The van der Waals surface area contributed by atoms with Crippen LogP contribution in [0.5, 0.6) is 0 Å². The average molecular weight is 494 g/mol. The quantitative estimate of drug-likeness (QED) is 0.507. The summed E-state index contributed by atoms with van der Waals surface area (Å²) in [5.41, 5.74) is 2.37. The molecule has 0 radical (unpaired) electrons. The Hall–Kier alpha value is -3.65. The molecule has 0 spiro atoms. The van der Waals surface area contributed by atoms with Crippen LogP contribution >= 0.6 is 0 Å². The maximum absolute atomic E-state index is 13.9. The van der Waals surface area contributed by atoms with Gasteiger partial charge >= 0.3 is 5.97 Å². The lowest BCUT2D eigenvalue weighted by Crippen LogP contribution is -2.34. The first-order valence-corrected chi connectivity index (χ1v) is 12.2. The van der Waals surface area contributed by atoms with Gasteiger partial charge in [0.1, 0.15) is 11.6 Å². The molecule has 1 aliphatic rings. The normalized spacial score (nSPS) is 15.4. The lowest BCUT2D eigenvalue weighted by atomic mass is 10.0. The molecule has 0 saturated heterocycles. The molecule has 2 aromatic carbocycles. The maximum atomic E-state index is 13.9. The Balaban J connectivity index is 1.74. The van der Waals surface area contributed by atoms with Crippen molar-refractivity contribution in [1.82, 2.24) is 9.88 Å². The van der Waals surface area contributed by atoms with E-state index in [0.29, 0.717) is 48.6 Å². The van der Waals surface area contributed by atoms with E-state index in [-0.39, 0.29) is 11.5 Å². The second-order valence-corrected chi connectivity index (χ2v) is 9.10. The third-order valence-electron chi connectivity index (χ3n) is 6.35. The summed E-state index contributed by atoms with van der Waals surface area (Å²) in [5, 5.41) is 9.62. The number of carbonyl (C=O) groups is 2. The Labute approximate surface area is 209 Å². The van der Waals surface area contributed by atoms with Gasteiger partial charge in [-0.2, -0.15) is 0 Å². The number of aromatic nitrogens is 1. The molecule has 0 unspecified atom stereocenters. The summed E-state index contributed by atoms with van der Waals surface area (Å²) in [6, 6.07) is 11.7. The minimum absolute atomic E-state index is 0.117. The number of halogens is 2. The van der Waals surface area contributed by atoms with Crippen molar-refractivity contribution in [3.63, 3.8) is 0 Å². The van der Waals surface area contributed by atoms with Crippen LogP contribution in [0.3, 0.4) is 0 Å². The van der Waals surface area contributed by atoms with Crippen LogP contribution in [-0.2, 0) is 13.1 Å². The fraction of sp³-hybridized carbons (Fsp3) is 0.321. The number of rotatable bonds is 4. The lowest BCUT2D eigenvalue weighted by molar-refractivity contribution is 0.0696. The number of pyridine rings is 1. The van der Waals surface area contributed by atoms with Crippen LogP contribution < -0.4 is 4.90 Å². The van der Waals surface area contributed by atoms with Crippen LogP contribution in [0.1, 0.15) is 63.9 Å². The van der Waals surface area contributed by atoms with Gasteiger partial charge in [0.15, 0.2) is 0 Å². The smallest absolute Gasteiger partial charge is 0.335 e. The van der Waals surface area contributed by atoms with E-state index in [9.17, 15) is 23.5 Å². The summed E-state index contributed by atoms with van der Waals surface area (Å²) in [6.45, 7) is 1.78. The average Bonchev–Trinajstić information content (AvgIpc) is 2.84. The summed E-state index contributed by atoms with van der Waals surface area (Å²) in [6.07, 6.45) is 7.81. The molecule has 8 heteroatoms. The van der Waals surface area contributed by atoms with Crippen molar-refractivity contribution in [2.24, 2.45) is 0 Å². The molecule has 1 N–H and O–H groups in total. The molecular weight excluding hydrogens is 464 g/mol. The molecule has 3 aromatic rings. The minimum atomic E-state index is -1.06. The standard InChI is InChI=1S/C28H29F2N3O3/c29-24-13-20(14-25(30)16-24)18-32-11-4-2-1-3-5-12-33(27(34)22-7-6-10-31-17-22)26-9-8-21(28(35)36)15-23(26)19-32/h6-10,13-17H,1-5,11-12,18-19H2,(H,35,36). The molecule has 0 atom stereocenters. The molecule has 1 amide bonds. The fourth-order valence-electron chi connectivity index (χ4n) is 4.64. The zero-order chi connectivity index (χ0) is 25.5. The van der Waals surface area contributed by atoms with Crippen molar-refractivity contribution < 1.29 is 23.5 Å². The Morgan fingerprint density at radius 2 is 1.61 bits per heavy atom. The van der Waals surface area contributed by atoms with Crippen LogP contribution in [0.25, 0.3) is 0 Å². The van der Waals surface area contributed by atoms with E-state index < -0.39 is 17.6 Å². The number of fused-ring (bicyclic) bond motifs is 1. The van der Waals surface area contributed by atoms with Crippen molar-refractivity contribution >= 4 is 17.6 Å². The number of aromatic carboxylic acids is 1. The third kappa shape index (κ3) is 6.51. The highest BCUT2D eigenvalue weighted by Gasteiger charge is 2.23. The number of carbonyl (C=O) groups excluding carboxylic acids is 1. The Bertz CT molecular complexity index is 1200. The number of hydrogen-bond donors (Lipinski definition) is 1. The van der Waals surface area contributed by atoms with Gasteiger partial charge in [-0.15, -0.1) is 0 Å². The van der Waals surface area contributed by atoms with Crippen molar-refractivity contribution in [3.05, 3.63) is 94.8 Å². The molecule has 2 heterocycles. The summed E-state index contributed by atoms with van der Waals surface area (Å²) in [7, 11) is 0. The highest BCUT2D eigenvalue weighted by Crippen LogP contribution is 2.28. The first-order valence-electron chi connectivity index (χ1n) is 12.2. The first kappa shape index (κ1) is 25.4. The highest BCUT2D eigenvalue weighted by atomic mass is 19.1. The number of nitrogens with zero attached hydrogens (tertiary/aromatic N) is 3. The largest absolute Gasteiger partial charge is 0.478 e. The monoisotopic (exact) mass is 493 g/mol. The van der Waals surface area contributed by atoms with Gasteiger partial charge in [-0.3, -0.25) is 14.7 Å². The van der Waals surface area contributed by atoms with E-state index in [0.717, 1.165) is 38.2 Å². The van der Waals surface area contributed by atoms with Gasteiger partial charge < -0.3 is 10.0 Å². The summed E-state index contributed by atoms with van der Waals surface area (Å²) in [4.78, 5) is 33.1. The van der Waals surface area contributed by atoms with Gasteiger partial charge in [-0.1, -0.05) is 19.3 Å². The van der Waals surface area contributed by atoms with Gasteiger partial charge in [-0.25, -0.2) is 13.6 Å². The molecule has 0 bridgehead atoms. The topological polar surface area (TPSA) is 73.7 Å². The number of benzene rings is 2. The Kier molecular flexibility index (Phi) is 8.38. The maximum Gasteiger partial charge on any atom is 0.335 e. The number of carboxylic acids is 1. The lowest BCUT2D eigenvalue weighted by Gasteiger charge is -2.29. The molecule has 36 heavy (non-hydrogen) atoms. The SMILES string of the molecule is O=C(O)c1ccc2c(c1)CN(Cc1cc(F)cc(F)c1)CCCCCCCN2C(=O)c1cccnc1. The predicted octanol–water partition coefficient (Wildman–Crippen LogP) is 5.67. The molecule has 188 valence electrons. The van der Waals surface area contributed by atoms with Crippen molar-refractivity contribution in [1.29, 1.82) is 0 Å². The van der Waals surface area contributed by atoms with Gasteiger partial charge in [0, 0.05) is 43.8 Å². The van der Waals surface area contributed by atoms with Gasteiger partial charge in [0.05, 0.1) is 11.1 Å². The zero-order valence-corrected chi connectivity index (χ0v) is 20.0. The summed E-state index contributed by atoms with van der Waals surface area (Å²) >= 11 is 0. The second kappa shape index (κ2) is 11.9. The van der Waals surface area contributed by atoms with E-state index in [1.807, 2.05) is 4.90 Å². The molecule has 0 aliphatic carbocycles. The van der Waals surface area contributed by atoms with E-state index in [1.165, 1.54) is 24.4 Å². The molecule has 0 saturated carbocycles. The number of hydrogen-bond acceptors (Lipinski definition) is 4. The van der Waals surface area contributed by atoms with Crippen LogP contribution in [-0.4, -0.2) is 40.0 Å². The van der Waals surface area contributed by atoms with Crippen LogP contribution in [0.15, 0.2) is 60.9 Å². The third-order valence-corrected chi connectivity index (χ3v) is 6.35. The van der Waals surface area contributed by atoms with Gasteiger partial charge in [-0.05, 0) is 73.0 Å². The highest BCUT2D eigenvalue weighted by molar-refractivity contribution is 6.06. The van der Waals surface area contributed by atoms with Crippen LogP contribution in [0.4, 0.5) is 14.5 Å². The van der Waals surface area contributed by atoms with Gasteiger partial charge in [0.2, 0.25) is 0 Å². The van der Waals surface area contributed by atoms with Crippen LogP contribution in [0, 0.1) is 11.6 Å². The summed E-state index contributed by atoms with van der Waals surface area (Å²) in [5.74, 6) is -2.54. The minimum Gasteiger partial charge on any atom is -0.478 e. The number of amides is 1. The van der Waals surface area contributed by atoms with Crippen molar-refractivity contribution in [3.8, 4) is 0 Å². The van der Waals surface area contributed by atoms with E-state index in [1.54, 1.807) is 35.4 Å². The molecule has 0 fully saturated rings. The zero-order valence-electron chi connectivity index (χ0n) is 20.0. The molecule has 6 nitrogen and oxygen atoms in total. The fourth-order valence-corrected chi connectivity index (χ4v) is 4.64. The summed E-state index contributed by atoms with van der Waals surface area (Å²) < 4.78 is 27.7. The molecular formula is C28H29F2N3O3.